The maximum absolute atomic E-state index is 13.2. The lowest BCUT2D eigenvalue weighted by molar-refractivity contribution is -0.155. The molecule has 3 aliphatic rings. The van der Waals surface area contributed by atoms with E-state index in [-0.39, 0.29) is 36.4 Å². The van der Waals surface area contributed by atoms with Crippen LogP contribution >= 0.6 is 0 Å². The van der Waals surface area contributed by atoms with E-state index in [0.29, 0.717) is 13.0 Å². The quantitative estimate of drug-likeness (QED) is 0.382. The normalized spacial score (nSPS) is 22.0. The minimum atomic E-state index is -1.15. The van der Waals surface area contributed by atoms with Crippen molar-refractivity contribution in [3.05, 3.63) is 76.9 Å². The summed E-state index contributed by atoms with van der Waals surface area (Å²) in [5.74, 6) is -1.20. The Morgan fingerprint density at radius 2 is 1.74 bits per heavy atom. The SMILES string of the molecule is CC(=O)C1(C(=O)O)CCCNC1.CC(C)(C)CN1C(=O)COC(c2cccc3ccccc23)c2cc3c(cc21)CCC3. The van der Waals surface area contributed by atoms with Gasteiger partial charge < -0.3 is 20.1 Å². The number of Topliss-reactive ketones (excluding diaryl/α,β-unsaturated/α-hetero) is 1. The first-order valence-electron chi connectivity index (χ1n) is 15.0. The van der Waals surface area contributed by atoms with Crippen molar-refractivity contribution >= 4 is 34.1 Å². The second kappa shape index (κ2) is 12.0. The van der Waals surface area contributed by atoms with Gasteiger partial charge in [0.25, 0.3) is 5.91 Å². The molecule has 0 spiro atoms. The lowest BCUT2D eigenvalue weighted by atomic mass is 9.77. The smallest absolute Gasteiger partial charge is 0.318 e. The van der Waals surface area contributed by atoms with Crippen LogP contribution in [0.2, 0.25) is 0 Å². The molecular formula is C35H42N2O5. The molecule has 222 valence electrons. The zero-order valence-electron chi connectivity index (χ0n) is 25.2. The largest absolute Gasteiger partial charge is 0.480 e. The molecule has 2 atom stereocenters. The van der Waals surface area contributed by atoms with E-state index in [1.807, 2.05) is 4.90 Å². The Bertz CT molecular complexity index is 1480. The lowest BCUT2D eigenvalue weighted by Crippen LogP contribution is -2.49. The van der Waals surface area contributed by atoms with Crippen LogP contribution in [0.15, 0.2) is 54.6 Å². The molecule has 3 aromatic rings. The second-order valence-corrected chi connectivity index (χ2v) is 13.1. The molecule has 1 amide bonds. The minimum Gasteiger partial charge on any atom is -0.480 e. The third-order valence-electron chi connectivity index (χ3n) is 8.69. The molecule has 7 heteroatoms. The van der Waals surface area contributed by atoms with Crippen molar-refractivity contribution in [1.82, 2.24) is 5.32 Å². The van der Waals surface area contributed by atoms with E-state index in [1.165, 1.54) is 35.2 Å². The van der Waals surface area contributed by atoms with Crippen molar-refractivity contribution in [2.45, 2.75) is 65.9 Å². The number of aryl methyl sites for hydroxylation is 2. The molecule has 2 unspecified atom stereocenters. The predicted octanol–water partition coefficient (Wildman–Crippen LogP) is 5.86. The number of ketones is 1. The standard InChI is InChI=1S/C27H29NO2.C8H13NO3/c1-27(2,3)17-28-24-15-20-11-6-10-19(20)14-23(24)26(30-16-25(28)29)22-13-7-9-18-8-4-5-12-21(18)22;1-6(10)8(7(11)12)3-2-4-9-5-8/h4-5,7-9,12-15,26H,6,10-11,16-17H2,1-3H3;9H,2-5H2,1H3,(H,11,12). The number of amides is 1. The Hall–Kier alpha value is -3.55. The van der Waals surface area contributed by atoms with Crippen LogP contribution in [-0.2, 0) is 32.0 Å². The summed E-state index contributed by atoms with van der Waals surface area (Å²) in [7, 11) is 0. The number of carboxylic acids is 1. The van der Waals surface area contributed by atoms with Crippen molar-refractivity contribution in [1.29, 1.82) is 0 Å². The highest BCUT2D eigenvalue weighted by Crippen LogP contribution is 2.42. The van der Waals surface area contributed by atoms with Crippen LogP contribution < -0.4 is 10.2 Å². The van der Waals surface area contributed by atoms with Gasteiger partial charge in [-0.15, -0.1) is 0 Å². The minimum absolute atomic E-state index is 0.00518. The van der Waals surface area contributed by atoms with Crippen molar-refractivity contribution in [3.8, 4) is 0 Å². The van der Waals surface area contributed by atoms with Crippen LogP contribution in [-0.4, -0.2) is 49.0 Å². The number of anilines is 1. The summed E-state index contributed by atoms with van der Waals surface area (Å²) in [5, 5.41) is 14.2. The summed E-state index contributed by atoms with van der Waals surface area (Å²) in [5.41, 5.74) is 4.95. The second-order valence-electron chi connectivity index (χ2n) is 13.1. The van der Waals surface area contributed by atoms with Gasteiger partial charge in [-0.1, -0.05) is 69.3 Å². The Morgan fingerprint density at radius 3 is 2.38 bits per heavy atom. The molecule has 0 saturated carbocycles. The van der Waals surface area contributed by atoms with Crippen LogP contribution in [0.3, 0.4) is 0 Å². The van der Waals surface area contributed by atoms with Gasteiger partial charge in [-0.25, -0.2) is 0 Å². The average Bonchev–Trinajstić information content (AvgIpc) is 3.38. The van der Waals surface area contributed by atoms with E-state index in [4.69, 9.17) is 9.84 Å². The number of carbonyl (C=O) groups is 3. The maximum Gasteiger partial charge on any atom is 0.318 e. The monoisotopic (exact) mass is 570 g/mol. The molecule has 2 N–H and O–H groups in total. The molecule has 2 aliphatic heterocycles. The highest BCUT2D eigenvalue weighted by Gasteiger charge is 2.44. The molecule has 0 radical (unpaired) electrons. The van der Waals surface area contributed by atoms with Gasteiger partial charge in [-0.3, -0.25) is 14.4 Å². The number of nitrogens with one attached hydrogen (secondary N) is 1. The van der Waals surface area contributed by atoms with E-state index in [9.17, 15) is 14.4 Å². The first kappa shape index (κ1) is 29.9. The van der Waals surface area contributed by atoms with Crippen LogP contribution in [0, 0.1) is 10.8 Å². The van der Waals surface area contributed by atoms with Crippen LogP contribution in [0.1, 0.15) is 75.3 Å². The van der Waals surface area contributed by atoms with Crippen molar-refractivity contribution < 1.29 is 24.2 Å². The van der Waals surface area contributed by atoms with Gasteiger partial charge in [0.2, 0.25) is 0 Å². The Labute approximate surface area is 248 Å². The van der Waals surface area contributed by atoms with Gasteiger partial charge in [-0.05, 0) is 84.5 Å². The summed E-state index contributed by atoms with van der Waals surface area (Å²) < 4.78 is 6.35. The number of carboxylic acid groups (broad SMARTS) is 1. The lowest BCUT2D eigenvalue weighted by Gasteiger charge is -2.31. The van der Waals surface area contributed by atoms with Crippen LogP contribution in [0.5, 0.6) is 0 Å². The Morgan fingerprint density at radius 1 is 1.02 bits per heavy atom. The van der Waals surface area contributed by atoms with Gasteiger partial charge in [0.15, 0.2) is 0 Å². The predicted molar refractivity (Wildman–Crippen MR) is 165 cm³/mol. The number of rotatable bonds is 4. The fourth-order valence-electron chi connectivity index (χ4n) is 6.45. The van der Waals surface area contributed by atoms with Gasteiger partial charge >= 0.3 is 5.97 Å². The summed E-state index contributed by atoms with van der Waals surface area (Å²) >= 11 is 0. The number of hydrogen-bond donors (Lipinski definition) is 2. The number of aliphatic carboxylic acids is 1. The number of piperidine rings is 1. The van der Waals surface area contributed by atoms with E-state index in [2.05, 4.69) is 80.7 Å². The van der Waals surface area contributed by atoms with Gasteiger partial charge in [0, 0.05) is 18.7 Å². The summed E-state index contributed by atoms with van der Waals surface area (Å²) in [6.07, 6.45) is 4.37. The molecule has 7 nitrogen and oxygen atoms in total. The third-order valence-corrected chi connectivity index (χ3v) is 8.69. The molecule has 0 bridgehead atoms. The molecule has 3 aromatic carbocycles. The van der Waals surface area contributed by atoms with Crippen molar-refractivity contribution in [2.24, 2.45) is 10.8 Å². The Balaban J connectivity index is 0.000000248. The number of nitrogens with zero attached hydrogens (tertiary/aromatic N) is 1. The van der Waals surface area contributed by atoms with Crippen molar-refractivity contribution in [3.63, 3.8) is 0 Å². The molecule has 1 aliphatic carbocycles. The van der Waals surface area contributed by atoms with E-state index >= 15 is 0 Å². The zero-order valence-corrected chi connectivity index (χ0v) is 25.2. The fourth-order valence-corrected chi connectivity index (χ4v) is 6.45. The average molecular weight is 571 g/mol. The highest BCUT2D eigenvalue weighted by atomic mass is 16.5. The van der Waals surface area contributed by atoms with Gasteiger partial charge in [-0.2, -0.15) is 0 Å². The molecule has 42 heavy (non-hydrogen) atoms. The number of carbonyl (C=O) groups excluding carboxylic acids is 2. The number of benzene rings is 3. The third kappa shape index (κ3) is 5.99. The topological polar surface area (TPSA) is 95.9 Å². The first-order valence-corrected chi connectivity index (χ1v) is 15.0. The Kier molecular flexibility index (Phi) is 8.53. The highest BCUT2D eigenvalue weighted by molar-refractivity contribution is 6.02. The molecule has 2 heterocycles. The summed E-state index contributed by atoms with van der Waals surface area (Å²) in [6.45, 7) is 9.76. The van der Waals surface area contributed by atoms with Crippen LogP contribution in [0.25, 0.3) is 10.8 Å². The van der Waals surface area contributed by atoms with Gasteiger partial charge in [0.1, 0.15) is 23.9 Å². The fraction of sp³-hybridized carbons (Fsp3) is 0.457. The number of fused-ring (bicyclic) bond motifs is 3. The molecule has 1 saturated heterocycles. The van der Waals surface area contributed by atoms with E-state index in [1.54, 1.807) is 0 Å². The number of ether oxygens (including phenoxy) is 1. The van der Waals surface area contributed by atoms with Gasteiger partial charge in [0.05, 0.1) is 5.69 Å². The van der Waals surface area contributed by atoms with E-state index < -0.39 is 11.4 Å². The molecular weight excluding hydrogens is 528 g/mol. The van der Waals surface area contributed by atoms with Crippen molar-refractivity contribution in [2.75, 3.05) is 31.1 Å². The first-order chi connectivity index (χ1) is 20.0. The number of hydrogen-bond acceptors (Lipinski definition) is 5. The zero-order chi connectivity index (χ0) is 30.1. The molecule has 0 aromatic heterocycles. The van der Waals surface area contributed by atoms with Crippen LogP contribution in [0.4, 0.5) is 5.69 Å². The molecule has 6 rings (SSSR count). The maximum atomic E-state index is 13.2. The summed E-state index contributed by atoms with van der Waals surface area (Å²) in [4.78, 5) is 37.2. The molecule has 1 fully saturated rings. The summed E-state index contributed by atoms with van der Waals surface area (Å²) in [6, 6.07) is 19.4. The van der Waals surface area contributed by atoms with E-state index in [0.717, 1.165) is 42.6 Å².